The Balaban J connectivity index is 1.29. The smallest absolute Gasteiger partial charge is 0.236 e. The molecular formula is C23H27FN2O3S. The number of benzene rings is 1. The van der Waals surface area contributed by atoms with Crippen LogP contribution < -0.4 is 5.32 Å². The van der Waals surface area contributed by atoms with E-state index in [0.29, 0.717) is 24.1 Å². The minimum absolute atomic E-state index is 0.0369. The monoisotopic (exact) mass is 430 g/mol. The summed E-state index contributed by atoms with van der Waals surface area (Å²) in [6.45, 7) is 4.54. The number of hydrogen-bond donors (Lipinski definition) is 1. The van der Waals surface area contributed by atoms with Gasteiger partial charge in [-0.05, 0) is 68.5 Å². The highest BCUT2D eigenvalue weighted by atomic mass is 32.2. The van der Waals surface area contributed by atoms with Crippen molar-refractivity contribution in [2.75, 3.05) is 11.1 Å². The number of amides is 2. The van der Waals surface area contributed by atoms with E-state index in [9.17, 15) is 14.0 Å². The second-order valence-corrected chi connectivity index (χ2v) is 9.66. The van der Waals surface area contributed by atoms with Crippen LogP contribution in [0.3, 0.4) is 0 Å². The van der Waals surface area contributed by atoms with Crippen molar-refractivity contribution in [1.82, 2.24) is 4.90 Å². The van der Waals surface area contributed by atoms with Crippen molar-refractivity contribution in [3.05, 3.63) is 53.7 Å². The summed E-state index contributed by atoms with van der Waals surface area (Å²) in [5.41, 5.74) is 0.541. The molecule has 1 N–H and O–H groups in total. The van der Waals surface area contributed by atoms with Gasteiger partial charge in [0.1, 0.15) is 17.3 Å². The number of hydrogen-bond acceptors (Lipinski definition) is 4. The van der Waals surface area contributed by atoms with E-state index < -0.39 is 0 Å². The molecule has 3 atom stereocenters. The van der Waals surface area contributed by atoms with Gasteiger partial charge in [0.2, 0.25) is 11.8 Å². The highest BCUT2D eigenvalue weighted by Gasteiger charge is 2.38. The van der Waals surface area contributed by atoms with Crippen LogP contribution in [0.4, 0.5) is 10.1 Å². The molecule has 2 saturated carbocycles. The Hall–Kier alpha value is -2.28. The van der Waals surface area contributed by atoms with Gasteiger partial charge in [-0.1, -0.05) is 6.92 Å². The van der Waals surface area contributed by atoms with E-state index in [1.807, 2.05) is 24.0 Å². The Morgan fingerprint density at radius 2 is 1.93 bits per heavy atom. The molecule has 0 aliphatic heterocycles. The van der Waals surface area contributed by atoms with Crippen molar-refractivity contribution in [3.63, 3.8) is 0 Å². The van der Waals surface area contributed by atoms with Crippen LogP contribution in [0, 0.1) is 11.7 Å². The summed E-state index contributed by atoms with van der Waals surface area (Å²) in [5.74, 6) is 2.70. The maximum Gasteiger partial charge on any atom is 0.236 e. The second kappa shape index (κ2) is 8.84. The lowest BCUT2D eigenvalue weighted by atomic mass is 10.3. The third kappa shape index (κ3) is 5.25. The molecule has 0 saturated heterocycles. The van der Waals surface area contributed by atoms with Crippen molar-refractivity contribution in [3.8, 4) is 0 Å². The Labute approximate surface area is 180 Å². The van der Waals surface area contributed by atoms with Crippen LogP contribution in [0.25, 0.3) is 0 Å². The first kappa shape index (κ1) is 21.0. The number of carbonyl (C=O) groups is 2. The number of thioether (sulfide) groups is 1. The van der Waals surface area contributed by atoms with Crippen LogP contribution in [0.1, 0.15) is 50.5 Å². The van der Waals surface area contributed by atoms with E-state index in [1.54, 1.807) is 0 Å². The molecule has 0 radical (unpaired) electrons. The van der Waals surface area contributed by atoms with Crippen LogP contribution >= 0.6 is 11.8 Å². The zero-order valence-corrected chi connectivity index (χ0v) is 18.1. The maximum atomic E-state index is 13.0. The summed E-state index contributed by atoms with van der Waals surface area (Å²) >= 11 is 1.31. The largest absolute Gasteiger partial charge is 0.464 e. The first-order chi connectivity index (χ1) is 14.4. The van der Waals surface area contributed by atoms with Gasteiger partial charge in [0.25, 0.3) is 0 Å². The SMILES string of the molecule is CC(SCC(=O)Nc1ccc(F)cc1)C(=O)N(Cc1ccc(C2CC2C)o1)C1CC1. The third-order valence-corrected chi connectivity index (χ3v) is 6.82. The van der Waals surface area contributed by atoms with Gasteiger partial charge >= 0.3 is 0 Å². The molecule has 2 aliphatic rings. The number of rotatable bonds is 9. The first-order valence-electron chi connectivity index (χ1n) is 10.5. The Kier molecular flexibility index (Phi) is 6.18. The average molecular weight is 431 g/mol. The predicted octanol–water partition coefficient (Wildman–Crippen LogP) is 4.79. The molecular weight excluding hydrogens is 403 g/mol. The van der Waals surface area contributed by atoms with Crippen LogP contribution in [0.5, 0.6) is 0 Å². The summed E-state index contributed by atoms with van der Waals surface area (Å²) in [6, 6.07) is 9.91. The van der Waals surface area contributed by atoms with Gasteiger partial charge in [-0.2, -0.15) is 0 Å². The molecule has 5 nitrogen and oxygen atoms in total. The van der Waals surface area contributed by atoms with E-state index >= 15 is 0 Å². The molecule has 2 amide bonds. The molecule has 1 heterocycles. The predicted molar refractivity (Wildman–Crippen MR) is 116 cm³/mol. The second-order valence-electron chi connectivity index (χ2n) is 8.33. The van der Waals surface area contributed by atoms with E-state index in [-0.39, 0.29) is 34.7 Å². The molecule has 0 spiro atoms. The zero-order valence-electron chi connectivity index (χ0n) is 17.3. The first-order valence-corrected chi connectivity index (χ1v) is 11.5. The minimum atomic E-state index is -0.350. The number of nitrogens with one attached hydrogen (secondary N) is 1. The average Bonchev–Trinajstić information content (AvgIpc) is 3.65. The zero-order chi connectivity index (χ0) is 21.3. The maximum absolute atomic E-state index is 13.0. The standard InChI is InChI=1S/C23H27FN2O3S/c1-14-11-20(14)21-10-9-19(29-21)12-26(18-7-8-18)23(28)15(2)30-13-22(27)25-17-5-3-16(24)4-6-17/h3-6,9-10,14-15,18,20H,7-8,11-13H2,1-2H3,(H,25,27). The lowest BCUT2D eigenvalue weighted by Crippen LogP contribution is -2.38. The molecule has 1 aromatic heterocycles. The normalized spacial score (nSPS) is 21.2. The Bertz CT molecular complexity index is 909. The van der Waals surface area contributed by atoms with Crippen molar-refractivity contribution in [1.29, 1.82) is 0 Å². The van der Waals surface area contributed by atoms with Gasteiger partial charge in [-0.3, -0.25) is 9.59 Å². The quantitative estimate of drug-likeness (QED) is 0.621. The van der Waals surface area contributed by atoms with Gasteiger partial charge in [-0.25, -0.2) is 4.39 Å². The van der Waals surface area contributed by atoms with Crippen LogP contribution in [0.2, 0.25) is 0 Å². The molecule has 3 unspecified atom stereocenters. The van der Waals surface area contributed by atoms with Crippen molar-refractivity contribution in [2.24, 2.45) is 5.92 Å². The van der Waals surface area contributed by atoms with Gasteiger partial charge in [0.05, 0.1) is 17.5 Å². The van der Waals surface area contributed by atoms with Crippen molar-refractivity contribution in [2.45, 2.75) is 56.9 Å². The fraction of sp³-hybridized carbons (Fsp3) is 0.478. The summed E-state index contributed by atoms with van der Waals surface area (Å²) in [6.07, 6.45) is 3.20. The fourth-order valence-corrected chi connectivity index (χ4v) is 4.33. The molecule has 0 bridgehead atoms. The van der Waals surface area contributed by atoms with Crippen molar-refractivity contribution >= 4 is 29.3 Å². The summed E-state index contributed by atoms with van der Waals surface area (Å²) in [4.78, 5) is 27.1. The molecule has 4 rings (SSSR count). The summed E-state index contributed by atoms with van der Waals surface area (Å²) in [5, 5.41) is 2.39. The topological polar surface area (TPSA) is 62.6 Å². The highest BCUT2D eigenvalue weighted by Crippen LogP contribution is 2.47. The highest BCUT2D eigenvalue weighted by molar-refractivity contribution is 8.01. The lowest BCUT2D eigenvalue weighted by Gasteiger charge is -2.24. The van der Waals surface area contributed by atoms with E-state index in [1.165, 1.54) is 42.4 Å². The van der Waals surface area contributed by atoms with Gasteiger partial charge < -0.3 is 14.6 Å². The molecule has 2 aliphatic carbocycles. The third-order valence-electron chi connectivity index (χ3n) is 5.69. The van der Waals surface area contributed by atoms with Crippen molar-refractivity contribution < 1.29 is 18.4 Å². The van der Waals surface area contributed by atoms with Gasteiger partial charge in [0, 0.05) is 17.6 Å². The molecule has 7 heteroatoms. The fourth-order valence-electron chi connectivity index (χ4n) is 3.57. The van der Waals surface area contributed by atoms with Gasteiger partial charge in [-0.15, -0.1) is 11.8 Å². The lowest BCUT2D eigenvalue weighted by molar-refractivity contribution is -0.131. The molecule has 2 aromatic rings. The number of nitrogens with zero attached hydrogens (tertiary/aromatic N) is 1. The van der Waals surface area contributed by atoms with Crippen LogP contribution in [-0.4, -0.2) is 33.8 Å². The summed E-state index contributed by atoms with van der Waals surface area (Å²) < 4.78 is 19.0. The Morgan fingerprint density at radius 1 is 1.23 bits per heavy atom. The molecule has 30 heavy (non-hydrogen) atoms. The molecule has 2 fully saturated rings. The van der Waals surface area contributed by atoms with Crippen LogP contribution in [-0.2, 0) is 16.1 Å². The van der Waals surface area contributed by atoms with E-state index in [2.05, 4.69) is 12.2 Å². The number of anilines is 1. The van der Waals surface area contributed by atoms with Gasteiger partial charge in [0.15, 0.2) is 0 Å². The Morgan fingerprint density at radius 3 is 2.57 bits per heavy atom. The number of furan rings is 1. The van der Waals surface area contributed by atoms with Crippen LogP contribution in [0.15, 0.2) is 40.8 Å². The number of halogens is 1. The summed E-state index contributed by atoms with van der Waals surface area (Å²) in [7, 11) is 0. The molecule has 1 aromatic carbocycles. The van der Waals surface area contributed by atoms with E-state index in [0.717, 1.165) is 24.4 Å². The van der Waals surface area contributed by atoms with E-state index in [4.69, 9.17) is 4.42 Å². The molecule has 160 valence electrons. The number of carbonyl (C=O) groups excluding carboxylic acids is 2. The minimum Gasteiger partial charge on any atom is -0.464 e.